The van der Waals surface area contributed by atoms with Gasteiger partial charge in [-0.05, 0) is 0 Å². The van der Waals surface area contributed by atoms with Crippen LogP contribution in [0.15, 0.2) is 0 Å². The molecule has 36 valence electrons. The van der Waals surface area contributed by atoms with Gasteiger partial charge in [-0.1, -0.05) is 0 Å². The summed E-state index contributed by atoms with van der Waals surface area (Å²) in [6, 6.07) is 0. The molecule has 2 saturated heterocycles. The fourth-order valence-electron chi connectivity index (χ4n) is 0.688. The summed E-state index contributed by atoms with van der Waals surface area (Å²) in [5.41, 5.74) is 0. The zero-order valence-electron chi connectivity index (χ0n) is 4.50. The van der Waals surface area contributed by atoms with E-state index in [0.717, 1.165) is 0 Å². The van der Waals surface area contributed by atoms with Gasteiger partial charge in [0.15, 0.2) is 0 Å². The number of hydrogen-bond donors (Lipinski definition) is 0. The van der Waals surface area contributed by atoms with Gasteiger partial charge in [0, 0.05) is 74.6 Å². The first-order valence-electron chi connectivity index (χ1n) is 2.50. The van der Waals surface area contributed by atoms with Crippen LogP contribution in [0.3, 0.4) is 0 Å². The third-order valence-electron chi connectivity index (χ3n) is 1.12. The lowest BCUT2D eigenvalue weighted by Crippen LogP contribution is -2.54. The summed E-state index contributed by atoms with van der Waals surface area (Å²) in [6.07, 6.45) is -0.309. The molecule has 0 aromatic heterocycles. The maximum Gasteiger partial charge on any atom is 0 e. The summed E-state index contributed by atoms with van der Waals surface area (Å²) in [5.74, 6) is 0. The molecule has 2 heterocycles. The van der Waals surface area contributed by atoms with Crippen LogP contribution >= 0.6 is 0 Å². The minimum atomic E-state index is -0.309. The van der Waals surface area contributed by atoms with E-state index < -0.39 is 0 Å². The van der Waals surface area contributed by atoms with Crippen LogP contribution in [0.1, 0.15) is 0 Å². The van der Waals surface area contributed by atoms with Crippen LogP contribution in [-0.2, 0) is 0 Å². The molecule has 0 amide bonds. The Balaban J connectivity index is 2.04. The molecule has 0 aliphatic carbocycles. The molecular weight excluding hydrogens is 253 g/mol. The van der Waals surface area contributed by atoms with Crippen molar-refractivity contribution >= 4 is 74.6 Å². The van der Waals surface area contributed by atoms with E-state index in [1.54, 1.807) is 34.2 Å². The zero-order valence-corrected chi connectivity index (χ0v) is 13.5. The van der Waals surface area contributed by atoms with Crippen LogP contribution in [-0.4, -0.2) is 74.6 Å². The predicted octanol–water partition coefficient (Wildman–Crippen LogP) is -3.43. The lowest BCUT2D eigenvalue weighted by Gasteiger charge is -2.16. The first kappa shape index (κ1) is 7.59. The maximum absolute atomic E-state index is 1.56. The lowest BCUT2D eigenvalue weighted by atomic mass is 25.9. The first-order valence-corrected chi connectivity index (χ1v) is 22.5. The molecule has 0 aromatic rings. The van der Waals surface area contributed by atoms with Crippen LogP contribution in [0.25, 0.3) is 0 Å². The Morgan fingerprint density at radius 2 is 0.889 bits per heavy atom. The topological polar surface area (TPSA) is 0 Å². The Kier molecular flexibility index (Phi) is 2.64. The largest absolute Gasteiger partial charge is 0 e. The highest BCUT2D eigenvalue weighted by molar-refractivity contribution is 8.15. The van der Waals surface area contributed by atoms with Crippen LogP contribution in [0.5, 0.6) is 0 Å². The quantitative estimate of drug-likeness (QED) is 0.394. The van der Waals surface area contributed by atoms with Gasteiger partial charge in [0.05, 0.1) is 0 Å². The van der Waals surface area contributed by atoms with Gasteiger partial charge in [-0.2, -0.15) is 0 Å². The molecule has 16 radical (unpaired) electrons. The molecule has 9 heteroatoms. The average Bonchev–Trinajstić information content (AvgIpc) is 2.45. The van der Waals surface area contributed by atoms with Gasteiger partial charge in [-0.3, -0.25) is 0 Å². The molecule has 2 aliphatic rings. The van der Waals surface area contributed by atoms with E-state index in [1.165, 1.54) is 34.2 Å². The highest BCUT2D eigenvalue weighted by atomic mass is 30.5. The van der Waals surface area contributed by atoms with Gasteiger partial charge in [0.2, 0.25) is 0 Å². The van der Waals surface area contributed by atoms with Crippen molar-refractivity contribution in [3.63, 3.8) is 0 Å². The van der Waals surface area contributed by atoms with Crippen molar-refractivity contribution < 1.29 is 0 Å². The second kappa shape index (κ2) is 3.13. The Morgan fingerprint density at radius 3 is 1.22 bits per heavy atom. The summed E-state index contributed by atoms with van der Waals surface area (Å²) in [7, 11) is 12.1. The van der Waals surface area contributed by atoms with Crippen LogP contribution < -0.4 is 0 Å². The summed E-state index contributed by atoms with van der Waals surface area (Å²) in [6.45, 7) is 0. The van der Waals surface area contributed by atoms with Crippen LogP contribution in [0.4, 0.5) is 0 Å². The van der Waals surface area contributed by atoms with Crippen molar-refractivity contribution in [2.45, 2.75) is 0 Å². The average molecular weight is 253 g/mol. The molecular formula is Si9. The molecule has 2 fully saturated rings. The highest BCUT2D eigenvalue weighted by Gasteiger charge is 2.40. The van der Waals surface area contributed by atoms with Gasteiger partial charge in [0.1, 0.15) is 0 Å². The maximum atomic E-state index is 1.56. The summed E-state index contributed by atoms with van der Waals surface area (Å²) < 4.78 is 0. The molecule has 0 saturated carbocycles. The zero-order chi connectivity index (χ0) is 6.16. The molecule has 9 heavy (non-hydrogen) atoms. The number of hydrogen-bond acceptors (Lipinski definition) is 0. The molecule has 0 bridgehead atoms. The van der Waals surface area contributed by atoms with Crippen molar-refractivity contribution in [3.8, 4) is 0 Å². The smallest absolute Gasteiger partial charge is 0 e. The Bertz CT molecular complexity index is 75.1. The van der Waals surface area contributed by atoms with Crippen LogP contribution in [0.2, 0.25) is 0 Å². The molecule has 0 nitrogen and oxygen atoms in total. The third-order valence-corrected chi connectivity index (χ3v) is 91.1. The number of rotatable bonds is 0. The summed E-state index contributed by atoms with van der Waals surface area (Å²) >= 11 is 0. The monoisotopic (exact) mass is 252 g/mol. The van der Waals surface area contributed by atoms with E-state index in [1.807, 2.05) is 0 Å². The van der Waals surface area contributed by atoms with Gasteiger partial charge >= 0.3 is 0 Å². The van der Waals surface area contributed by atoms with Crippen molar-refractivity contribution in [3.05, 3.63) is 0 Å². The highest BCUT2D eigenvalue weighted by Crippen LogP contribution is 2.02. The Labute approximate surface area is 74.2 Å². The van der Waals surface area contributed by atoms with E-state index in [9.17, 15) is 0 Å². The molecule has 0 N–H and O–H groups in total. The molecule has 0 atom stereocenters. The van der Waals surface area contributed by atoms with Gasteiger partial charge in [0.25, 0.3) is 0 Å². The minimum Gasteiger partial charge on any atom is 0 e. The molecule has 2 aliphatic heterocycles. The third kappa shape index (κ3) is 1.58. The normalized spacial score (nSPS) is 32.0. The summed E-state index contributed by atoms with van der Waals surface area (Å²) in [5, 5.41) is 0. The Morgan fingerprint density at radius 1 is 0.556 bits per heavy atom. The summed E-state index contributed by atoms with van der Waals surface area (Å²) in [4.78, 5) is 0. The first-order chi connectivity index (χ1) is 4.41. The van der Waals surface area contributed by atoms with E-state index in [0.29, 0.717) is 0 Å². The second-order valence-electron chi connectivity index (χ2n) is 1.75. The molecule has 0 aromatic carbocycles. The fourth-order valence-corrected chi connectivity index (χ4v) is 167. The lowest BCUT2D eigenvalue weighted by molar-refractivity contribution is 3.59. The van der Waals surface area contributed by atoms with Gasteiger partial charge in [-0.25, -0.2) is 0 Å². The minimum absolute atomic E-state index is 0.309. The standard InChI is InChI=1S/Si9/c1-2-6-9(5-1)7-3-4-8-9. The van der Waals surface area contributed by atoms with Crippen molar-refractivity contribution in [2.24, 2.45) is 0 Å². The SMILES string of the molecule is [Si]1[Si][Si][Si]2([Si]1)[Si][Si][Si][Si]2. The van der Waals surface area contributed by atoms with Crippen LogP contribution in [0, 0.1) is 0 Å². The Hall–Kier alpha value is 1.95. The van der Waals surface area contributed by atoms with Crippen molar-refractivity contribution in [1.29, 1.82) is 0 Å². The van der Waals surface area contributed by atoms with E-state index in [-0.39, 0.29) is 6.14 Å². The van der Waals surface area contributed by atoms with E-state index >= 15 is 0 Å². The fraction of sp³-hybridized carbons (Fsp3) is 0. The van der Waals surface area contributed by atoms with Crippen molar-refractivity contribution in [2.75, 3.05) is 0 Å². The van der Waals surface area contributed by atoms with E-state index in [2.05, 4.69) is 0 Å². The predicted molar refractivity (Wildman–Crippen MR) is 51.8 cm³/mol. The second-order valence-corrected chi connectivity index (χ2v) is 47.2. The van der Waals surface area contributed by atoms with E-state index in [4.69, 9.17) is 0 Å². The molecule has 0 unspecified atom stereocenters. The van der Waals surface area contributed by atoms with Gasteiger partial charge in [-0.15, -0.1) is 0 Å². The van der Waals surface area contributed by atoms with Crippen molar-refractivity contribution in [1.82, 2.24) is 0 Å². The molecule has 1 spiro atoms. The molecule has 2 rings (SSSR count). The van der Waals surface area contributed by atoms with Gasteiger partial charge < -0.3 is 0 Å².